The summed E-state index contributed by atoms with van der Waals surface area (Å²) in [7, 11) is 1.28. The van der Waals surface area contributed by atoms with Crippen LogP contribution < -0.4 is 0 Å². The molecular formula is C18H26N2O5. The van der Waals surface area contributed by atoms with Gasteiger partial charge in [-0.25, -0.2) is 9.59 Å². The molecule has 0 aliphatic carbocycles. The Bertz CT molecular complexity index is 671. The normalized spacial score (nSPS) is 16.4. The minimum Gasteiger partial charge on any atom is -0.465 e. The zero-order valence-corrected chi connectivity index (χ0v) is 15.5. The highest BCUT2D eigenvalue weighted by atomic mass is 16.5. The predicted molar refractivity (Wildman–Crippen MR) is 91.5 cm³/mol. The first-order chi connectivity index (χ1) is 11.8. The van der Waals surface area contributed by atoms with Crippen LogP contribution in [0.4, 0.5) is 0 Å². The monoisotopic (exact) mass is 350 g/mol. The maximum atomic E-state index is 12.4. The number of nitrogens with zero attached hydrogens (tertiary/aromatic N) is 1. The fourth-order valence-electron chi connectivity index (χ4n) is 3.12. The number of hydrogen-bond acceptors (Lipinski definition) is 5. The molecule has 0 aromatic carbocycles. The molecule has 0 bridgehead atoms. The molecule has 7 nitrogen and oxygen atoms in total. The van der Waals surface area contributed by atoms with E-state index in [9.17, 15) is 14.4 Å². The predicted octanol–water partition coefficient (Wildman–Crippen LogP) is 2.22. The van der Waals surface area contributed by atoms with Crippen LogP contribution in [0.25, 0.3) is 0 Å². The van der Waals surface area contributed by atoms with Crippen molar-refractivity contribution in [1.82, 2.24) is 9.88 Å². The Kier molecular flexibility index (Phi) is 5.87. The van der Waals surface area contributed by atoms with Gasteiger partial charge < -0.3 is 19.4 Å². The third-order valence-corrected chi connectivity index (χ3v) is 4.76. The Morgan fingerprint density at radius 1 is 1.16 bits per heavy atom. The highest BCUT2D eigenvalue weighted by molar-refractivity contribution is 5.99. The third kappa shape index (κ3) is 4.03. The number of carbonyl (C=O) groups excluding carboxylic acids is 3. The zero-order chi connectivity index (χ0) is 18.7. The number of esters is 2. The summed E-state index contributed by atoms with van der Waals surface area (Å²) in [6.07, 6.45) is 1.05. The molecule has 0 saturated carbocycles. The lowest BCUT2D eigenvalue weighted by Crippen LogP contribution is -2.44. The Labute approximate surface area is 147 Å². The van der Waals surface area contributed by atoms with Gasteiger partial charge in [-0.05, 0) is 45.1 Å². The summed E-state index contributed by atoms with van der Waals surface area (Å²) in [6, 6.07) is 0. The first-order valence-electron chi connectivity index (χ1n) is 8.53. The molecule has 2 heterocycles. The number of ether oxygens (including phenoxy) is 2. The molecule has 7 heteroatoms. The van der Waals surface area contributed by atoms with Crippen LogP contribution >= 0.6 is 0 Å². The van der Waals surface area contributed by atoms with Crippen LogP contribution in [0.5, 0.6) is 0 Å². The Morgan fingerprint density at radius 3 is 2.32 bits per heavy atom. The van der Waals surface area contributed by atoms with E-state index in [1.807, 2.05) is 0 Å². The number of aromatic amines is 1. The van der Waals surface area contributed by atoms with E-state index >= 15 is 0 Å². The van der Waals surface area contributed by atoms with Crippen LogP contribution in [0.15, 0.2) is 0 Å². The van der Waals surface area contributed by atoms with E-state index in [2.05, 4.69) is 11.9 Å². The molecule has 1 atom stereocenters. The largest absolute Gasteiger partial charge is 0.465 e. The summed E-state index contributed by atoms with van der Waals surface area (Å²) < 4.78 is 10.1. The average Bonchev–Trinajstić information content (AvgIpc) is 2.88. The van der Waals surface area contributed by atoms with Crippen LogP contribution in [0, 0.1) is 19.8 Å². The van der Waals surface area contributed by atoms with E-state index in [0.717, 1.165) is 12.8 Å². The van der Waals surface area contributed by atoms with E-state index in [1.165, 1.54) is 7.11 Å². The fourth-order valence-corrected chi connectivity index (χ4v) is 3.12. The lowest BCUT2D eigenvalue weighted by molar-refractivity contribution is -0.141. The lowest BCUT2D eigenvalue weighted by Gasteiger charge is -2.31. The maximum absolute atomic E-state index is 12.4. The number of hydrogen-bond donors (Lipinski definition) is 1. The maximum Gasteiger partial charge on any atom is 0.355 e. The number of rotatable bonds is 4. The Morgan fingerprint density at radius 2 is 1.76 bits per heavy atom. The zero-order valence-electron chi connectivity index (χ0n) is 15.5. The van der Waals surface area contributed by atoms with Crippen molar-refractivity contribution < 1.29 is 23.9 Å². The first kappa shape index (κ1) is 19.0. The molecule has 1 aromatic heterocycles. The van der Waals surface area contributed by atoms with Gasteiger partial charge in [0.2, 0.25) is 0 Å². The van der Waals surface area contributed by atoms with Crippen molar-refractivity contribution in [3.8, 4) is 0 Å². The van der Waals surface area contributed by atoms with Gasteiger partial charge in [0.15, 0.2) is 6.10 Å². The van der Waals surface area contributed by atoms with Crippen molar-refractivity contribution in [2.24, 2.45) is 5.92 Å². The number of nitrogens with one attached hydrogen (secondary N) is 1. The number of methoxy groups -OCH3 is 1. The van der Waals surface area contributed by atoms with Crippen LogP contribution in [-0.2, 0) is 14.3 Å². The molecule has 1 aliphatic heterocycles. The smallest absolute Gasteiger partial charge is 0.355 e. The molecule has 1 N–H and O–H groups in total. The first-order valence-corrected chi connectivity index (χ1v) is 8.53. The highest BCUT2D eigenvalue weighted by Gasteiger charge is 2.29. The molecule has 1 fully saturated rings. The molecule has 0 spiro atoms. The summed E-state index contributed by atoms with van der Waals surface area (Å²) >= 11 is 0. The second kappa shape index (κ2) is 7.72. The van der Waals surface area contributed by atoms with Crippen molar-refractivity contribution in [2.45, 2.75) is 46.6 Å². The van der Waals surface area contributed by atoms with Gasteiger partial charge in [-0.15, -0.1) is 0 Å². The van der Waals surface area contributed by atoms with Gasteiger partial charge in [0.1, 0.15) is 5.69 Å². The van der Waals surface area contributed by atoms with Gasteiger partial charge in [-0.3, -0.25) is 4.79 Å². The van der Waals surface area contributed by atoms with Crippen molar-refractivity contribution in [3.63, 3.8) is 0 Å². The molecule has 138 valence electrons. The van der Waals surface area contributed by atoms with E-state index < -0.39 is 18.0 Å². The van der Waals surface area contributed by atoms with Gasteiger partial charge in [-0.1, -0.05) is 6.92 Å². The minimum absolute atomic E-state index is 0.171. The van der Waals surface area contributed by atoms with Crippen molar-refractivity contribution in [3.05, 3.63) is 22.5 Å². The van der Waals surface area contributed by atoms with Gasteiger partial charge in [0, 0.05) is 18.8 Å². The molecule has 0 radical (unpaired) electrons. The SMILES string of the molecule is COC(=O)c1c(C)[nH]c(C(=O)O[C@H](C)C(=O)N2CCC(C)CC2)c1C. The Hall–Kier alpha value is -2.31. The lowest BCUT2D eigenvalue weighted by atomic mass is 9.99. The van der Waals surface area contributed by atoms with Crippen LogP contribution in [0.3, 0.4) is 0 Å². The second-order valence-corrected chi connectivity index (χ2v) is 6.67. The standard InChI is InChI=1S/C18H26N2O5/c1-10-6-8-20(9-7-10)16(21)13(4)25-18(23)15-11(2)14(12(3)19-15)17(22)24-5/h10,13,19H,6-9H2,1-5H3/t13-/m1/s1. The number of piperidine rings is 1. The number of amides is 1. The Balaban J connectivity index is 2.06. The number of aryl methyl sites for hydroxylation is 1. The molecule has 2 rings (SSSR count). The molecule has 1 aliphatic rings. The highest BCUT2D eigenvalue weighted by Crippen LogP contribution is 2.21. The quantitative estimate of drug-likeness (QED) is 0.841. The summed E-state index contributed by atoms with van der Waals surface area (Å²) in [5.74, 6) is -0.739. The van der Waals surface area contributed by atoms with E-state index in [4.69, 9.17) is 9.47 Å². The molecular weight excluding hydrogens is 324 g/mol. The summed E-state index contributed by atoms with van der Waals surface area (Å²) in [5, 5.41) is 0. The van der Waals surface area contributed by atoms with Crippen molar-refractivity contribution >= 4 is 17.8 Å². The van der Waals surface area contributed by atoms with E-state index in [1.54, 1.807) is 25.7 Å². The molecule has 1 amide bonds. The van der Waals surface area contributed by atoms with Gasteiger partial charge in [-0.2, -0.15) is 0 Å². The van der Waals surface area contributed by atoms with Gasteiger partial charge in [0.05, 0.1) is 12.7 Å². The van der Waals surface area contributed by atoms with Crippen LogP contribution in [0.2, 0.25) is 0 Å². The minimum atomic E-state index is -0.870. The number of likely N-dealkylation sites (tertiary alicyclic amines) is 1. The van der Waals surface area contributed by atoms with Crippen LogP contribution in [0.1, 0.15) is 58.8 Å². The molecule has 1 aromatic rings. The number of H-pyrrole nitrogens is 1. The topological polar surface area (TPSA) is 88.7 Å². The van der Waals surface area contributed by atoms with Gasteiger partial charge >= 0.3 is 11.9 Å². The molecule has 25 heavy (non-hydrogen) atoms. The summed E-state index contributed by atoms with van der Waals surface area (Å²) in [4.78, 5) is 41.3. The van der Waals surface area contributed by atoms with E-state index in [-0.39, 0.29) is 11.6 Å². The number of carbonyl (C=O) groups is 3. The van der Waals surface area contributed by atoms with Crippen molar-refractivity contribution in [1.29, 1.82) is 0 Å². The summed E-state index contributed by atoms with van der Waals surface area (Å²) in [5.41, 5.74) is 1.48. The average molecular weight is 350 g/mol. The van der Waals surface area contributed by atoms with E-state index in [0.29, 0.717) is 35.8 Å². The van der Waals surface area contributed by atoms with Crippen molar-refractivity contribution in [2.75, 3.05) is 20.2 Å². The fraction of sp³-hybridized carbons (Fsp3) is 0.611. The summed E-state index contributed by atoms with van der Waals surface area (Å²) in [6.45, 7) is 8.44. The number of aromatic nitrogens is 1. The molecule has 0 unspecified atom stereocenters. The van der Waals surface area contributed by atoms with Crippen LogP contribution in [-0.4, -0.2) is 54.0 Å². The van der Waals surface area contributed by atoms with Gasteiger partial charge in [0.25, 0.3) is 5.91 Å². The third-order valence-electron chi connectivity index (χ3n) is 4.76. The second-order valence-electron chi connectivity index (χ2n) is 6.67. The molecule has 1 saturated heterocycles.